The Balaban J connectivity index is 1.80. The van der Waals surface area contributed by atoms with E-state index in [0.29, 0.717) is 25.4 Å². The van der Waals surface area contributed by atoms with E-state index in [1.807, 2.05) is 12.1 Å². The second kappa shape index (κ2) is 8.18. The topological polar surface area (TPSA) is 88.6 Å². The van der Waals surface area contributed by atoms with Crippen molar-refractivity contribution in [1.29, 1.82) is 10.5 Å². The molecule has 6 heteroatoms. The molecule has 1 aromatic heterocycles. The minimum absolute atomic E-state index is 0.0870. The van der Waals surface area contributed by atoms with E-state index in [2.05, 4.69) is 32.6 Å². The second-order valence-electron chi connectivity index (χ2n) is 5.25. The van der Waals surface area contributed by atoms with Crippen LogP contribution < -0.4 is 10.2 Å². The van der Waals surface area contributed by atoms with Crippen molar-refractivity contribution in [3.8, 4) is 12.1 Å². The van der Waals surface area contributed by atoms with Crippen molar-refractivity contribution in [2.75, 3.05) is 24.5 Å². The smallest absolute Gasteiger partial charge is 0.151 e. The molecule has 1 aromatic rings. The summed E-state index contributed by atoms with van der Waals surface area (Å²) < 4.78 is 0. The monoisotopic (exact) mass is 284 g/mol. The van der Waals surface area contributed by atoms with Gasteiger partial charge in [0.05, 0.1) is 18.1 Å². The number of nitriles is 2. The van der Waals surface area contributed by atoms with E-state index >= 15 is 0 Å². The lowest BCUT2D eigenvalue weighted by atomic mass is 10.1. The molecule has 6 nitrogen and oxygen atoms in total. The summed E-state index contributed by atoms with van der Waals surface area (Å²) in [6.45, 7) is 2.48. The number of rotatable bonds is 7. The first-order chi connectivity index (χ1) is 10.3. The van der Waals surface area contributed by atoms with Gasteiger partial charge in [0.15, 0.2) is 5.82 Å². The van der Waals surface area contributed by atoms with Crippen molar-refractivity contribution < 1.29 is 0 Å². The van der Waals surface area contributed by atoms with Gasteiger partial charge in [-0.15, -0.1) is 5.10 Å². The molecule has 0 aromatic carbocycles. The van der Waals surface area contributed by atoms with E-state index in [9.17, 15) is 0 Å². The summed E-state index contributed by atoms with van der Waals surface area (Å²) in [7, 11) is 0. The zero-order valence-corrected chi connectivity index (χ0v) is 12.1. The molecule has 0 saturated carbocycles. The zero-order valence-electron chi connectivity index (χ0n) is 12.1. The van der Waals surface area contributed by atoms with Crippen molar-refractivity contribution in [2.45, 2.75) is 31.7 Å². The Morgan fingerprint density at radius 3 is 3.10 bits per heavy atom. The van der Waals surface area contributed by atoms with Gasteiger partial charge in [0.25, 0.3) is 0 Å². The molecule has 110 valence electrons. The number of hydrogen-bond donors (Lipinski definition) is 1. The zero-order chi connectivity index (χ0) is 14.9. The average molecular weight is 284 g/mol. The quantitative estimate of drug-likeness (QED) is 0.815. The SMILES string of the molecule is N#CCC[C@@H](C#N)CNC[C@H]1CCCN1c1cccnn1. The van der Waals surface area contributed by atoms with E-state index < -0.39 is 0 Å². The van der Waals surface area contributed by atoms with Gasteiger partial charge in [-0.2, -0.15) is 15.6 Å². The number of nitrogens with zero attached hydrogens (tertiary/aromatic N) is 5. The number of hydrogen-bond acceptors (Lipinski definition) is 6. The second-order valence-corrected chi connectivity index (χ2v) is 5.25. The van der Waals surface area contributed by atoms with Gasteiger partial charge in [0, 0.05) is 38.3 Å². The Morgan fingerprint density at radius 1 is 1.48 bits per heavy atom. The summed E-state index contributed by atoms with van der Waals surface area (Å²) in [5.41, 5.74) is 0. The first kappa shape index (κ1) is 15.2. The minimum Gasteiger partial charge on any atom is -0.351 e. The summed E-state index contributed by atoms with van der Waals surface area (Å²) in [6, 6.07) is 8.63. The van der Waals surface area contributed by atoms with Crippen LogP contribution in [0.3, 0.4) is 0 Å². The van der Waals surface area contributed by atoms with Gasteiger partial charge in [0.1, 0.15) is 0 Å². The summed E-state index contributed by atoms with van der Waals surface area (Å²) in [5, 5.41) is 29.1. The van der Waals surface area contributed by atoms with Crippen LogP contribution in [0.25, 0.3) is 0 Å². The molecule has 2 heterocycles. The molecule has 0 spiro atoms. The predicted molar refractivity (Wildman–Crippen MR) is 79.2 cm³/mol. The fraction of sp³-hybridized carbons (Fsp3) is 0.600. The molecule has 0 unspecified atom stereocenters. The van der Waals surface area contributed by atoms with Gasteiger partial charge in [-0.05, 0) is 31.4 Å². The lowest BCUT2D eigenvalue weighted by Crippen LogP contribution is -2.39. The first-order valence-corrected chi connectivity index (χ1v) is 7.36. The van der Waals surface area contributed by atoms with Gasteiger partial charge in [-0.25, -0.2) is 0 Å². The Kier molecular flexibility index (Phi) is 5.93. The van der Waals surface area contributed by atoms with Crippen LogP contribution in [0.4, 0.5) is 5.82 Å². The molecule has 21 heavy (non-hydrogen) atoms. The molecule has 1 aliphatic rings. The maximum absolute atomic E-state index is 9.05. The highest BCUT2D eigenvalue weighted by molar-refractivity contribution is 5.39. The van der Waals surface area contributed by atoms with E-state index in [4.69, 9.17) is 10.5 Å². The molecule has 0 amide bonds. The lowest BCUT2D eigenvalue weighted by molar-refractivity contribution is 0.504. The molecular weight excluding hydrogens is 264 g/mol. The van der Waals surface area contributed by atoms with Crippen LogP contribution >= 0.6 is 0 Å². The third-order valence-electron chi connectivity index (χ3n) is 3.79. The van der Waals surface area contributed by atoms with E-state index in [0.717, 1.165) is 31.7 Å². The van der Waals surface area contributed by atoms with Crippen LogP contribution in [0, 0.1) is 28.6 Å². The molecule has 0 bridgehead atoms. The molecule has 1 N–H and O–H groups in total. The maximum Gasteiger partial charge on any atom is 0.151 e. The van der Waals surface area contributed by atoms with Crippen LogP contribution in [-0.4, -0.2) is 35.9 Å². The fourth-order valence-corrected chi connectivity index (χ4v) is 2.67. The standard InChI is InChI=1S/C15H20N6/c16-7-1-4-13(10-17)11-18-12-14-5-3-9-21(14)15-6-2-8-19-20-15/h2,6,8,13-14,18H,1,3-5,9,11-12H2/t13-,14+/m0/s1. The molecule has 1 aliphatic heterocycles. The van der Waals surface area contributed by atoms with Gasteiger partial charge in [0.2, 0.25) is 0 Å². The van der Waals surface area contributed by atoms with Gasteiger partial charge >= 0.3 is 0 Å². The van der Waals surface area contributed by atoms with Crippen LogP contribution in [0.5, 0.6) is 0 Å². The van der Waals surface area contributed by atoms with E-state index in [1.165, 1.54) is 0 Å². The predicted octanol–water partition coefficient (Wildman–Crippen LogP) is 1.48. The summed E-state index contributed by atoms with van der Waals surface area (Å²) in [4.78, 5) is 2.27. The third kappa shape index (κ3) is 4.40. The number of aromatic nitrogens is 2. The number of anilines is 1. The van der Waals surface area contributed by atoms with Crippen molar-refractivity contribution in [3.05, 3.63) is 18.3 Å². The highest BCUT2D eigenvalue weighted by Crippen LogP contribution is 2.22. The van der Waals surface area contributed by atoms with E-state index in [-0.39, 0.29) is 5.92 Å². The number of nitrogens with one attached hydrogen (secondary N) is 1. The van der Waals surface area contributed by atoms with Crippen molar-refractivity contribution in [3.63, 3.8) is 0 Å². The van der Waals surface area contributed by atoms with Gasteiger partial charge in [-0.1, -0.05) is 0 Å². The van der Waals surface area contributed by atoms with Crippen LogP contribution in [0.1, 0.15) is 25.7 Å². The molecule has 0 aliphatic carbocycles. The fourth-order valence-electron chi connectivity index (χ4n) is 2.67. The van der Waals surface area contributed by atoms with Crippen molar-refractivity contribution in [1.82, 2.24) is 15.5 Å². The average Bonchev–Trinajstić information content (AvgIpc) is 3.00. The van der Waals surface area contributed by atoms with Crippen molar-refractivity contribution in [2.24, 2.45) is 5.92 Å². The molecule has 0 radical (unpaired) electrons. The highest BCUT2D eigenvalue weighted by atomic mass is 15.3. The van der Waals surface area contributed by atoms with Crippen LogP contribution in [0.15, 0.2) is 18.3 Å². The van der Waals surface area contributed by atoms with Crippen LogP contribution in [0.2, 0.25) is 0 Å². The van der Waals surface area contributed by atoms with Crippen molar-refractivity contribution >= 4 is 5.82 Å². The minimum atomic E-state index is -0.0870. The Labute approximate surface area is 125 Å². The summed E-state index contributed by atoms with van der Waals surface area (Å²) in [6.07, 6.45) is 5.03. The van der Waals surface area contributed by atoms with Gasteiger partial charge in [-0.3, -0.25) is 0 Å². The Hall–Kier alpha value is -2.18. The van der Waals surface area contributed by atoms with E-state index in [1.54, 1.807) is 6.20 Å². The Bertz CT molecular complexity index is 503. The molecule has 1 fully saturated rings. The highest BCUT2D eigenvalue weighted by Gasteiger charge is 2.25. The third-order valence-corrected chi connectivity index (χ3v) is 3.79. The Morgan fingerprint density at radius 2 is 2.38 bits per heavy atom. The van der Waals surface area contributed by atoms with Crippen LogP contribution in [-0.2, 0) is 0 Å². The molecule has 2 rings (SSSR count). The molecule has 1 saturated heterocycles. The summed E-state index contributed by atoms with van der Waals surface area (Å²) >= 11 is 0. The summed E-state index contributed by atoms with van der Waals surface area (Å²) in [5.74, 6) is 0.833. The largest absolute Gasteiger partial charge is 0.351 e. The first-order valence-electron chi connectivity index (χ1n) is 7.36. The lowest BCUT2D eigenvalue weighted by Gasteiger charge is -2.25. The molecular formula is C15H20N6. The maximum atomic E-state index is 9.05. The van der Waals surface area contributed by atoms with Gasteiger partial charge < -0.3 is 10.2 Å². The molecule has 2 atom stereocenters. The normalized spacial score (nSPS) is 19.0.